The van der Waals surface area contributed by atoms with Gasteiger partial charge in [0.1, 0.15) is 0 Å². The number of amides is 1. The van der Waals surface area contributed by atoms with Crippen molar-refractivity contribution in [3.8, 4) is 11.1 Å². The van der Waals surface area contributed by atoms with E-state index >= 15 is 0 Å². The van der Waals surface area contributed by atoms with Crippen LogP contribution in [0.2, 0.25) is 0 Å². The van der Waals surface area contributed by atoms with E-state index in [4.69, 9.17) is 4.42 Å². The van der Waals surface area contributed by atoms with E-state index < -0.39 is 0 Å². The van der Waals surface area contributed by atoms with E-state index in [1.807, 2.05) is 52.7 Å². The monoisotopic (exact) mass is 387 g/mol. The van der Waals surface area contributed by atoms with Crippen LogP contribution in [0.5, 0.6) is 0 Å². The number of carbonyl (C=O) groups is 1. The molecule has 0 unspecified atom stereocenters. The third-order valence-corrected chi connectivity index (χ3v) is 5.51. The Labute approximate surface area is 168 Å². The van der Waals surface area contributed by atoms with Gasteiger partial charge in [0.15, 0.2) is 0 Å². The molecule has 0 radical (unpaired) electrons. The molecule has 2 aromatic carbocycles. The van der Waals surface area contributed by atoms with Gasteiger partial charge in [-0.3, -0.25) is 4.79 Å². The first kappa shape index (κ1) is 18.3. The molecule has 2 aromatic heterocycles. The minimum absolute atomic E-state index is 0.113. The number of rotatable bonds is 7. The summed E-state index contributed by atoms with van der Waals surface area (Å²) in [6.45, 7) is 1.17. The van der Waals surface area contributed by atoms with Gasteiger partial charge in [0, 0.05) is 17.0 Å². The second-order valence-corrected chi connectivity index (χ2v) is 7.73. The number of nitrogens with zero attached hydrogens (tertiary/aromatic N) is 1. The number of hydrogen-bond donors (Lipinski definition) is 0. The SMILES string of the molecule is O=C(Cc1ccc(-c2ccccc2)cc1)N(Cc1ccoc1)Cc1cccs1. The van der Waals surface area contributed by atoms with Crippen molar-refractivity contribution in [3.63, 3.8) is 0 Å². The lowest BCUT2D eigenvalue weighted by atomic mass is 10.0. The van der Waals surface area contributed by atoms with Crippen LogP contribution in [-0.4, -0.2) is 10.8 Å². The van der Waals surface area contributed by atoms with Gasteiger partial charge in [0.05, 0.1) is 25.5 Å². The summed E-state index contributed by atoms with van der Waals surface area (Å²) in [6, 6.07) is 24.5. The number of furan rings is 1. The van der Waals surface area contributed by atoms with Crippen LogP contribution < -0.4 is 0 Å². The van der Waals surface area contributed by atoms with E-state index in [2.05, 4.69) is 30.3 Å². The molecule has 0 N–H and O–H groups in total. The zero-order valence-electron chi connectivity index (χ0n) is 15.5. The molecule has 0 aliphatic heterocycles. The molecule has 0 aliphatic carbocycles. The number of benzene rings is 2. The molecule has 4 rings (SSSR count). The van der Waals surface area contributed by atoms with E-state index in [0.717, 1.165) is 16.7 Å². The van der Waals surface area contributed by atoms with Crippen LogP contribution in [0.4, 0.5) is 0 Å². The average Bonchev–Trinajstić information content (AvgIpc) is 3.43. The third-order valence-electron chi connectivity index (χ3n) is 4.65. The molecule has 4 heteroatoms. The van der Waals surface area contributed by atoms with Crippen LogP contribution >= 0.6 is 11.3 Å². The lowest BCUT2D eigenvalue weighted by Crippen LogP contribution is -2.31. The molecule has 0 spiro atoms. The highest BCUT2D eigenvalue weighted by Gasteiger charge is 2.16. The van der Waals surface area contributed by atoms with Gasteiger partial charge < -0.3 is 9.32 Å². The zero-order valence-corrected chi connectivity index (χ0v) is 16.3. The second kappa shape index (κ2) is 8.72. The first-order valence-electron chi connectivity index (χ1n) is 9.23. The highest BCUT2D eigenvalue weighted by molar-refractivity contribution is 7.09. The van der Waals surface area contributed by atoms with Crippen molar-refractivity contribution in [3.05, 3.63) is 107 Å². The van der Waals surface area contributed by atoms with Gasteiger partial charge in [0.25, 0.3) is 0 Å². The molecular formula is C24H21NO2S. The summed E-state index contributed by atoms with van der Waals surface area (Å²) < 4.78 is 5.17. The molecule has 2 heterocycles. The van der Waals surface area contributed by atoms with E-state index in [-0.39, 0.29) is 5.91 Å². The van der Waals surface area contributed by atoms with E-state index in [0.29, 0.717) is 19.5 Å². The summed E-state index contributed by atoms with van der Waals surface area (Å²) in [5.41, 5.74) is 4.36. The van der Waals surface area contributed by atoms with Crippen molar-refractivity contribution in [1.82, 2.24) is 4.90 Å². The van der Waals surface area contributed by atoms with E-state index in [1.165, 1.54) is 10.4 Å². The summed E-state index contributed by atoms with van der Waals surface area (Å²) in [6.07, 6.45) is 3.73. The number of thiophene rings is 1. The summed E-state index contributed by atoms with van der Waals surface area (Å²) in [5.74, 6) is 0.113. The predicted molar refractivity (Wildman–Crippen MR) is 113 cm³/mol. The number of carbonyl (C=O) groups excluding carboxylic acids is 1. The van der Waals surface area contributed by atoms with E-state index in [9.17, 15) is 4.79 Å². The van der Waals surface area contributed by atoms with Crippen molar-refractivity contribution in [1.29, 1.82) is 0 Å². The molecule has 28 heavy (non-hydrogen) atoms. The van der Waals surface area contributed by atoms with Gasteiger partial charge in [-0.2, -0.15) is 0 Å². The maximum Gasteiger partial charge on any atom is 0.227 e. The van der Waals surface area contributed by atoms with Crippen LogP contribution in [-0.2, 0) is 24.3 Å². The standard InChI is InChI=1S/C24H21NO2S/c26-24(15-19-8-10-22(11-9-19)21-5-2-1-3-6-21)25(16-20-12-13-27-18-20)17-23-7-4-14-28-23/h1-14,18H,15-17H2. The van der Waals surface area contributed by atoms with Crippen LogP contribution in [0.15, 0.2) is 95.1 Å². The molecule has 0 saturated carbocycles. The fraction of sp³-hybridized carbons (Fsp3) is 0.125. The molecule has 4 aromatic rings. The van der Waals surface area contributed by atoms with Gasteiger partial charge in [0.2, 0.25) is 5.91 Å². The Hall–Kier alpha value is -3.11. The fourth-order valence-corrected chi connectivity index (χ4v) is 3.88. The Morgan fingerprint density at radius 3 is 2.29 bits per heavy atom. The molecule has 1 amide bonds. The molecule has 0 atom stereocenters. The Bertz CT molecular complexity index is 954. The lowest BCUT2D eigenvalue weighted by molar-refractivity contribution is -0.131. The van der Waals surface area contributed by atoms with Crippen molar-refractivity contribution >= 4 is 17.2 Å². The van der Waals surface area contributed by atoms with Crippen molar-refractivity contribution in [2.75, 3.05) is 0 Å². The maximum atomic E-state index is 13.0. The van der Waals surface area contributed by atoms with Crippen molar-refractivity contribution in [2.45, 2.75) is 19.5 Å². The normalized spacial score (nSPS) is 10.7. The Morgan fingerprint density at radius 2 is 1.61 bits per heavy atom. The fourth-order valence-electron chi connectivity index (χ4n) is 3.16. The van der Waals surface area contributed by atoms with Crippen LogP contribution in [0.3, 0.4) is 0 Å². The van der Waals surface area contributed by atoms with Crippen LogP contribution in [0.25, 0.3) is 11.1 Å². The third kappa shape index (κ3) is 4.59. The Balaban J connectivity index is 1.47. The molecule has 0 fully saturated rings. The first-order valence-corrected chi connectivity index (χ1v) is 10.1. The first-order chi connectivity index (χ1) is 13.8. The molecular weight excluding hydrogens is 366 g/mol. The van der Waals surface area contributed by atoms with Crippen molar-refractivity contribution < 1.29 is 9.21 Å². The van der Waals surface area contributed by atoms with Crippen molar-refractivity contribution in [2.24, 2.45) is 0 Å². The number of hydrogen-bond acceptors (Lipinski definition) is 3. The largest absolute Gasteiger partial charge is 0.472 e. The molecule has 0 aliphatic rings. The molecule has 3 nitrogen and oxygen atoms in total. The van der Waals surface area contributed by atoms with Crippen LogP contribution in [0.1, 0.15) is 16.0 Å². The highest BCUT2D eigenvalue weighted by Crippen LogP contribution is 2.21. The highest BCUT2D eigenvalue weighted by atomic mass is 32.1. The lowest BCUT2D eigenvalue weighted by Gasteiger charge is -2.22. The zero-order chi connectivity index (χ0) is 19.2. The summed E-state index contributed by atoms with van der Waals surface area (Å²) >= 11 is 1.67. The summed E-state index contributed by atoms with van der Waals surface area (Å²) in [7, 11) is 0. The van der Waals surface area contributed by atoms with Gasteiger partial charge in [-0.25, -0.2) is 0 Å². The quantitative estimate of drug-likeness (QED) is 0.403. The Morgan fingerprint density at radius 1 is 0.821 bits per heavy atom. The molecule has 140 valence electrons. The average molecular weight is 388 g/mol. The van der Waals surface area contributed by atoms with Gasteiger partial charge in [-0.1, -0.05) is 60.7 Å². The molecule has 0 saturated heterocycles. The Kier molecular flexibility index (Phi) is 5.69. The molecule has 0 bridgehead atoms. The maximum absolute atomic E-state index is 13.0. The smallest absolute Gasteiger partial charge is 0.227 e. The topological polar surface area (TPSA) is 33.5 Å². The summed E-state index contributed by atoms with van der Waals surface area (Å²) in [5, 5.41) is 2.04. The van der Waals surface area contributed by atoms with E-state index in [1.54, 1.807) is 23.9 Å². The minimum atomic E-state index is 0.113. The summed E-state index contributed by atoms with van der Waals surface area (Å²) in [4.78, 5) is 16.1. The second-order valence-electron chi connectivity index (χ2n) is 6.70. The van der Waals surface area contributed by atoms with Gasteiger partial charge in [-0.05, 0) is 34.2 Å². The van der Waals surface area contributed by atoms with Gasteiger partial charge in [-0.15, -0.1) is 11.3 Å². The van der Waals surface area contributed by atoms with Gasteiger partial charge >= 0.3 is 0 Å². The predicted octanol–water partition coefficient (Wildman–Crippen LogP) is 5.78. The van der Waals surface area contributed by atoms with Crippen LogP contribution in [0, 0.1) is 0 Å². The minimum Gasteiger partial charge on any atom is -0.472 e.